The second-order valence-corrected chi connectivity index (χ2v) is 8.12. The fraction of sp³-hybridized carbons (Fsp3) is 0.208. The molecule has 1 atom stereocenters. The van der Waals surface area contributed by atoms with Crippen LogP contribution in [0, 0.1) is 5.82 Å². The zero-order chi connectivity index (χ0) is 22.2. The molecule has 0 saturated heterocycles. The van der Waals surface area contributed by atoms with Crippen LogP contribution in [0.3, 0.4) is 0 Å². The summed E-state index contributed by atoms with van der Waals surface area (Å²) in [6.07, 6.45) is 7.05. The first-order valence-electron chi connectivity index (χ1n) is 10.5. The molecule has 0 aliphatic carbocycles. The number of hydrogen-bond acceptors (Lipinski definition) is 3. The SMILES string of the molecule is CC(C)n1cc(-c2ccc(NC(=O)NCC3c4ccccc4-c4cncn43)cc2F)cn1. The van der Waals surface area contributed by atoms with Gasteiger partial charge in [0.05, 0.1) is 30.5 Å². The molecule has 0 fully saturated rings. The lowest BCUT2D eigenvalue weighted by atomic mass is 10.0. The van der Waals surface area contributed by atoms with Crippen molar-refractivity contribution in [2.24, 2.45) is 0 Å². The van der Waals surface area contributed by atoms with Crippen LogP contribution in [-0.2, 0) is 0 Å². The molecule has 0 radical (unpaired) electrons. The van der Waals surface area contributed by atoms with Crippen LogP contribution in [0.15, 0.2) is 67.4 Å². The molecular formula is C24H23FN6O. The highest BCUT2D eigenvalue weighted by Crippen LogP contribution is 2.38. The zero-order valence-electron chi connectivity index (χ0n) is 17.8. The molecular weight excluding hydrogens is 407 g/mol. The number of halogens is 1. The number of imidazole rings is 1. The quantitative estimate of drug-likeness (QED) is 0.475. The van der Waals surface area contributed by atoms with Gasteiger partial charge in [0.25, 0.3) is 0 Å². The third kappa shape index (κ3) is 3.53. The molecule has 0 bridgehead atoms. The molecule has 3 heterocycles. The number of nitrogens with zero attached hydrogens (tertiary/aromatic N) is 4. The minimum absolute atomic E-state index is 0.0361. The van der Waals surface area contributed by atoms with E-state index in [-0.39, 0.29) is 12.1 Å². The number of hydrogen-bond donors (Lipinski definition) is 2. The molecule has 8 heteroatoms. The van der Waals surface area contributed by atoms with Crippen molar-refractivity contribution in [2.75, 3.05) is 11.9 Å². The summed E-state index contributed by atoms with van der Waals surface area (Å²) in [5.74, 6) is -0.418. The summed E-state index contributed by atoms with van der Waals surface area (Å²) in [6, 6.07) is 12.5. The predicted molar refractivity (Wildman–Crippen MR) is 121 cm³/mol. The van der Waals surface area contributed by atoms with E-state index in [1.165, 1.54) is 6.07 Å². The third-order valence-corrected chi connectivity index (χ3v) is 5.72. The standard InChI is InChI=1S/C24H23FN6O/c1-15(2)31-13-16(10-28-31)18-8-7-17(9-21(18)25)29-24(32)27-12-23-20-6-4-3-5-19(20)22-11-26-14-30(22)23/h3-11,13-15,23H,12H2,1-2H3,(H2,27,29,32). The summed E-state index contributed by atoms with van der Waals surface area (Å²) in [5.41, 5.74) is 4.82. The van der Waals surface area contributed by atoms with E-state index in [2.05, 4.69) is 37.4 Å². The molecule has 32 heavy (non-hydrogen) atoms. The summed E-state index contributed by atoms with van der Waals surface area (Å²) < 4.78 is 18.5. The lowest BCUT2D eigenvalue weighted by Crippen LogP contribution is -2.33. The van der Waals surface area contributed by atoms with Gasteiger partial charge in [-0.05, 0) is 37.6 Å². The second-order valence-electron chi connectivity index (χ2n) is 8.12. The van der Waals surface area contributed by atoms with Gasteiger partial charge in [0.2, 0.25) is 0 Å². The first-order chi connectivity index (χ1) is 15.5. The molecule has 5 rings (SSSR count). The van der Waals surface area contributed by atoms with Crippen molar-refractivity contribution >= 4 is 11.7 Å². The van der Waals surface area contributed by atoms with Gasteiger partial charge in [-0.2, -0.15) is 5.10 Å². The number of anilines is 1. The largest absolute Gasteiger partial charge is 0.335 e. The van der Waals surface area contributed by atoms with Crippen molar-refractivity contribution in [3.05, 3.63) is 78.8 Å². The van der Waals surface area contributed by atoms with E-state index in [1.54, 1.807) is 29.3 Å². The number of carbonyl (C=O) groups is 1. The van der Waals surface area contributed by atoms with Gasteiger partial charge in [-0.15, -0.1) is 0 Å². The molecule has 2 aromatic carbocycles. The van der Waals surface area contributed by atoms with Crippen LogP contribution in [0.4, 0.5) is 14.9 Å². The number of rotatable bonds is 5. The summed E-state index contributed by atoms with van der Waals surface area (Å²) >= 11 is 0. The van der Waals surface area contributed by atoms with E-state index in [9.17, 15) is 9.18 Å². The molecule has 4 aromatic rings. The highest BCUT2D eigenvalue weighted by atomic mass is 19.1. The van der Waals surface area contributed by atoms with Crippen LogP contribution < -0.4 is 10.6 Å². The number of amides is 2. The summed E-state index contributed by atoms with van der Waals surface area (Å²) in [7, 11) is 0. The van der Waals surface area contributed by atoms with Crippen LogP contribution in [0.25, 0.3) is 22.4 Å². The van der Waals surface area contributed by atoms with Crippen molar-refractivity contribution in [3.63, 3.8) is 0 Å². The number of nitrogens with one attached hydrogen (secondary N) is 2. The van der Waals surface area contributed by atoms with E-state index < -0.39 is 11.8 Å². The van der Waals surface area contributed by atoms with Crippen molar-refractivity contribution in [1.82, 2.24) is 24.6 Å². The van der Waals surface area contributed by atoms with E-state index in [1.807, 2.05) is 38.4 Å². The number of carbonyl (C=O) groups excluding carboxylic acids is 1. The van der Waals surface area contributed by atoms with Crippen molar-refractivity contribution in [2.45, 2.75) is 25.9 Å². The Morgan fingerprint density at radius 2 is 2.00 bits per heavy atom. The Morgan fingerprint density at radius 3 is 2.78 bits per heavy atom. The van der Waals surface area contributed by atoms with Crippen LogP contribution in [0.5, 0.6) is 0 Å². The third-order valence-electron chi connectivity index (χ3n) is 5.72. The van der Waals surface area contributed by atoms with Gasteiger partial charge in [0, 0.05) is 41.2 Å². The van der Waals surface area contributed by atoms with Crippen LogP contribution >= 0.6 is 0 Å². The van der Waals surface area contributed by atoms with Crippen molar-refractivity contribution in [3.8, 4) is 22.4 Å². The fourth-order valence-corrected chi connectivity index (χ4v) is 4.09. The maximum Gasteiger partial charge on any atom is 0.319 e. The van der Waals surface area contributed by atoms with Gasteiger partial charge in [-0.1, -0.05) is 24.3 Å². The Bertz CT molecular complexity index is 1290. The molecule has 1 aliphatic rings. The maximum atomic E-state index is 14.7. The van der Waals surface area contributed by atoms with E-state index in [4.69, 9.17) is 0 Å². The minimum Gasteiger partial charge on any atom is -0.335 e. The Morgan fingerprint density at radius 1 is 1.16 bits per heavy atom. The molecule has 162 valence electrons. The monoisotopic (exact) mass is 430 g/mol. The van der Waals surface area contributed by atoms with E-state index in [0.29, 0.717) is 23.4 Å². The summed E-state index contributed by atoms with van der Waals surface area (Å²) in [5, 5.41) is 9.86. The van der Waals surface area contributed by atoms with Crippen molar-refractivity contribution in [1.29, 1.82) is 0 Å². The van der Waals surface area contributed by atoms with Crippen molar-refractivity contribution < 1.29 is 9.18 Å². The second kappa shape index (κ2) is 7.96. The van der Waals surface area contributed by atoms with E-state index in [0.717, 1.165) is 16.8 Å². The van der Waals surface area contributed by atoms with Gasteiger partial charge in [0.15, 0.2) is 0 Å². The average molecular weight is 430 g/mol. The van der Waals surface area contributed by atoms with Gasteiger partial charge < -0.3 is 15.2 Å². The molecule has 1 aliphatic heterocycles. The lowest BCUT2D eigenvalue weighted by Gasteiger charge is -2.16. The number of fused-ring (bicyclic) bond motifs is 3. The van der Waals surface area contributed by atoms with Gasteiger partial charge in [-0.25, -0.2) is 14.2 Å². The Hall–Kier alpha value is -3.94. The fourth-order valence-electron chi connectivity index (χ4n) is 4.09. The molecule has 0 saturated carbocycles. The first kappa shape index (κ1) is 20.0. The highest BCUT2D eigenvalue weighted by Gasteiger charge is 2.28. The zero-order valence-corrected chi connectivity index (χ0v) is 17.8. The molecule has 2 amide bonds. The van der Waals surface area contributed by atoms with Crippen LogP contribution in [0.1, 0.15) is 31.5 Å². The molecule has 2 aromatic heterocycles. The smallest absolute Gasteiger partial charge is 0.319 e. The van der Waals surface area contributed by atoms with Gasteiger partial charge in [-0.3, -0.25) is 4.68 Å². The highest BCUT2D eigenvalue weighted by molar-refractivity contribution is 5.89. The summed E-state index contributed by atoms with van der Waals surface area (Å²) in [4.78, 5) is 16.7. The molecule has 7 nitrogen and oxygen atoms in total. The molecule has 1 unspecified atom stereocenters. The Kier molecular flexibility index (Phi) is 4.97. The van der Waals surface area contributed by atoms with Crippen LogP contribution in [-0.4, -0.2) is 31.9 Å². The first-order valence-corrected chi connectivity index (χ1v) is 10.5. The normalized spacial score (nSPS) is 14.3. The van der Waals surface area contributed by atoms with Gasteiger partial charge >= 0.3 is 6.03 Å². The Balaban J connectivity index is 1.26. The lowest BCUT2D eigenvalue weighted by molar-refractivity contribution is 0.251. The Labute approximate surface area is 184 Å². The predicted octanol–water partition coefficient (Wildman–Crippen LogP) is 4.86. The minimum atomic E-state index is -0.418. The maximum absolute atomic E-state index is 14.7. The summed E-state index contributed by atoms with van der Waals surface area (Å²) in [6.45, 7) is 4.41. The van der Waals surface area contributed by atoms with Gasteiger partial charge in [0.1, 0.15) is 5.82 Å². The van der Waals surface area contributed by atoms with Crippen LogP contribution in [0.2, 0.25) is 0 Å². The molecule has 0 spiro atoms. The molecule has 2 N–H and O–H groups in total. The topological polar surface area (TPSA) is 76.8 Å². The number of urea groups is 1. The number of aromatic nitrogens is 4. The number of benzene rings is 2. The van der Waals surface area contributed by atoms with E-state index >= 15 is 0 Å². The average Bonchev–Trinajstić information content (AvgIpc) is 3.49.